The molecule has 3 aliphatic rings. The monoisotopic (exact) mass is 818 g/mol. The molecule has 3 aliphatic carbocycles. The Labute approximate surface area is 369 Å². The van der Waals surface area contributed by atoms with Crippen LogP contribution in [0.25, 0.3) is 104 Å². The van der Waals surface area contributed by atoms with Crippen molar-refractivity contribution in [2.75, 3.05) is 0 Å². The van der Waals surface area contributed by atoms with E-state index in [1.165, 1.54) is 103 Å². The third kappa shape index (κ3) is 4.83. The number of rotatable bonds is 3. The van der Waals surface area contributed by atoms with Gasteiger partial charge in [0, 0.05) is 31.1 Å². The standard InChI is InChI=1S/C60H38N2S/c1-35-21-28-42-41-11-2-3-15-48(41)57-58(50(42)31-35)62-55(34-61-57)39-27-30-46-45-29-26-38(32-53(45)60(54(46)33-39)51-18-7-4-12-43(51)44-13-5-8-19-52(44)60)36-22-24-37(25-23-36)40-16-10-17-49-47-14-6-9-20-56(47)63-59(40)49/h2-30,32-35H,31H2,1H3. The first-order chi connectivity index (χ1) is 31.1. The van der Waals surface area contributed by atoms with Crippen molar-refractivity contribution in [3.8, 4) is 55.8 Å². The number of nitrogens with zero attached hydrogens (tertiary/aromatic N) is 2. The van der Waals surface area contributed by atoms with Crippen molar-refractivity contribution in [1.29, 1.82) is 0 Å². The lowest BCUT2D eigenvalue weighted by atomic mass is 9.70. The lowest BCUT2D eigenvalue weighted by Crippen LogP contribution is -2.26. The Hall–Kier alpha value is -7.46. The molecule has 14 rings (SSSR count). The maximum atomic E-state index is 5.54. The second kappa shape index (κ2) is 13.0. The minimum absolute atomic E-state index is 0.443. The average molecular weight is 819 g/mol. The number of aromatic nitrogens is 2. The van der Waals surface area contributed by atoms with Crippen molar-refractivity contribution in [3.05, 3.63) is 222 Å². The van der Waals surface area contributed by atoms with Crippen molar-refractivity contribution in [1.82, 2.24) is 9.97 Å². The Morgan fingerprint density at radius 1 is 0.492 bits per heavy atom. The zero-order valence-electron chi connectivity index (χ0n) is 34.6. The van der Waals surface area contributed by atoms with E-state index in [-0.39, 0.29) is 0 Å². The molecule has 0 saturated carbocycles. The highest BCUT2D eigenvalue weighted by molar-refractivity contribution is 7.26. The fraction of sp³-hybridized carbons (Fsp3) is 0.0667. The maximum Gasteiger partial charge on any atom is 0.0968 e. The highest BCUT2D eigenvalue weighted by Gasteiger charge is 2.51. The molecule has 11 aromatic rings. The summed E-state index contributed by atoms with van der Waals surface area (Å²) in [7, 11) is 0. The molecule has 0 aliphatic heterocycles. The normalized spacial score (nSPS) is 15.2. The summed E-state index contributed by atoms with van der Waals surface area (Å²) in [5.74, 6) is 0.443. The van der Waals surface area contributed by atoms with E-state index in [1.54, 1.807) is 0 Å². The van der Waals surface area contributed by atoms with Crippen LogP contribution in [-0.4, -0.2) is 9.97 Å². The molecule has 63 heavy (non-hydrogen) atoms. The molecule has 0 saturated heterocycles. The third-order valence-corrected chi connectivity index (χ3v) is 15.5. The molecule has 0 bridgehead atoms. The molecule has 2 nitrogen and oxygen atoms in total. The molecule has 294 valence electrons. The van der Waals surface area contributed by atoms with Crippen LogP contribution in [0.4, 0.5) is 0 Å². The Morgan fingerprint density at radius 2 is 1.08 bits per heavy atom. The Bertz CT molecular complexity index is 3750. The quantitative estimate of drug-likeness (QED) is 0.166. The van der Waals surface area contributed by atoms with Gasteiger partial charge in [-0.05, 0) is 114 Å². The van der Waals surface area contributed by atoms with Crippen molar-refractivity contribution < 1.29 is 0 Å². The summed E-state index contributed by atoms with van der Waals surface area (Å²) in [5.41, 5.74) is 21.5. The van der Waals surface area contributed by atoms with Crippen LogP contribution in [0.1, 0.15) is 40.3 Å². The minimum Gasteiger partial charge on any atom is -0.252 e. The molecule has 1 spiro atoms. The Morgan fingerprint density at radius 3 is 1.86 bits per heavy atom. The molecule has 0 amide bonds. The molecule has 2 aromatic heterocycles. The average Bonchev–Trinajstić information content (AvgIpc) is 3.98. The first-order valence-electron chi connectivity index (χ1n) is 22.0. The van der Waals surface area contributed by atoms with Gasteiger partial charge in [0.15, 0.2) is 0 Å². The summed E-state index contributed by atoms with van der Waals surface area (Å²) in [6, 6.07) is 65.7. The van der Waals surface area contributed by atoms with Crippen LogP contribution in [0.2, 0.25) is 0 Å². The number of allylic oxidation sites excluding steroid dienone is 1. The van der Waals surface area contributed by atoms with Crippen LogP contribution in [0.5, 0.6) is 0 Å². The van der Waals surface area contributed by atoms with Crippen LogP contribution in [0, 0.1) is 5.92 Å². The molecular formula is C60H38N2S. The van der Waals surface area contributed by atoms with E-state index in [1.807, 2.05) is 17.5 Å². The number of thiophene rings is 1. The van der Waals surface area contributed by atoms with Crippen LogP contribution >= 0.6 is 11.3 Å². The van der Waals surface area contributed by atoms with E-state index in [4.69, 9.17) is 9.97 Å². The van der Waals surface area contributed by atoms with E-state index in [9.17, 15) is 0 Å². The lowest BCUT2D eigenvalue weighted by molar-refractivity contribution is 0.721. The number of hydrogen-bond acceptors (Lipinski definition) is 3. The molecule has 0 fully saturated rings. The molecule has 2 heterocycles. The van der Waals surface area contributed by atoms with Gasteiger partial charge in [0.05, 0.1) is 28.3 Å². The largest absolute Gasteiger partial charge is 0.252 e. The van der Waals surface area contributed by atoms with Gasteiger partial charge in [0.1, 0.15) is 0 Å². The summed E-state index contributed by atoms with van der Waals surface area (Å²) in [6.45, 7) is 2.29. The summed E-state index contributed by atoms with van der Waals surface area (Å²) in [4.78, 5) is 10.8. The van der Waals surface area contributed by atoms with Gasteiger partial charge in [0.25, 0.3) is 0 Å². The number of fused-ring (bicyclic) bond motifs is 19. The van der Waals surface area contributed by atoms with Crippen LogP contribution < -0.4 is 0 Å². The molecule has 1 atom stereocenters. The summed E-state index contributed by atoms with van der Waals surface area (Å²) in [6.07, 6.45) is 7.59. The summed E-state index contributed by atoms with van der Waals surface area (Å²) < 4.78 is 2.67. The predicted molar refractivity (Wildman–Crippen MR) is 264 cm³/mol. The zero-order valence-corrected chi connectivity index (χ0v) is 35.4. The highest BCUT2D eigenvalue weighted by atomic mass is 32.1. The molecule has 1 unspecified atom stereocenters. The second-order valence-corrected chi connectivity index (χ2v) is 18.7. The minimum atomic E-state index is -0.499. The van der Waals surface area contributed by atoms with Crippen LogP contribution in [0.3, 0.4) is 0 Å². The fourth-order valence-electron chi connectivity index (χ4n) is 11.5. The zero-order chi connectivity index (χ0) is 41.4. The molecule has 0 radical (unpaired) electrons. The first kappa shape index (κ1) is 35.2. The van der Waals surface area contributed by atoms with Crippen molar-refractivity contribution in [2.45, 2.75) is 18.8 Å². The maximum absolute atomic E-state index is 5.54. The van der Waals surface area contributed by atoms with Gasteiger partial charge >= 0.3 is 0 Å². The topological polar surface area (TPSA) is 25.8 Å². The predicted octanol–water partition coefficient (Wildman–Crippen LogP) is 15.7. The second-order valence-electron chi connectivity index (χ2n) is 17.7. The Kier molecular flexibility index (Phi) is 7.27. The van der Waals surface area contributed by atoms with Gasteiger partial charge in [-0.1, -0.05) is 177 Å². The van der Waals surface area contributed by atoms with E-state index in [2.05, 4.69) is 195 Å². The summed E-state index contributed by atoms with van der Waals surface area (Å²) >= 11 is 1.89. The molecule has 0 N–H and O–H groups in total. The summed E-state index contributed by atoms with van der Waals surface area (Å²) in [5, 5.41) is 5.07. The lowest BCUT2D eigenvalue weighted by Gasteiger charge is -2.31. The fourth-order valence-corrected chi connectivity index (χ4v) is 12.7. The van der Waals surface area contributed by atoms with Crippen LogP contribution in [-0.2, 0) is 11.8 Å². The van der Waals surface area contributed by atoms with E-state index >= 15 is 0 Å². The first-order valence-corrected chi connectivity index (χ1v) is 22.8. The smallest absolute Gasteiger partial charge is 0.0968 e. The Balaban J connectivity index is 0.942. The number of hydrogen-bond donors (Lipinski definition) is 0. The third-order valence-electron chi connectivity index (χ3n) is 14.3. The van der Waals surface area contributed by atoms with Gasteiger partial charge in [-0.15, -0.1) is 11.3 Å². The molecular weight excluding hydrogens is 781 g/mol. The van der Waals surface area contributed by atoms with Gasteiger partial charge in [-0.3, -0.25) is 4.98 Å². The van der Waals surface area contributed by atoms with E-state index in [0.717, 1.165) is 34.1 Å². The van der Waals surface area contributed by atoms with Crippen molar-refractivity contribution in [3.63, 3.8) is 0 Å². The van der Waals surface area contributed by atoms with Gasteiger partial charge in [0.2, 0.25) is 0 Å². The SMILES string of the molecule is CC1C=Cc2c(c3nc(-c4ccc5c(c4)C4(c6ccccc6-c6ccccc64)c4cc(-c6ccc(-c7cccc8c7sc7ccccc78)cc6)ccc4-5)cnc3c3ccccc23)C1. The number of benzene rings is 9. The van der Waals surface area contributed by atoms with E-state index < -0.39 is 5.41 Å². The van der Waals surface area contributed by atoms with Crippen LogP contribution in [0.15, 0.2) is 188 Å². The van der Waals surface area contributed by atoms with Crippen molar-refractivity contribution in [2.24, 2.45) is 5.92 Å². The molecule has 3 heteroatoms. The van der Waals surface area contributed by atoms with Gasteiger partial charge in [-0.2, -0.15) is 0 Å². The van der Waals surface area contributed by atoms with Gasteiger partial charge in [-0.25, -0.2) is 4.98 Å². The van der Waals surface area contributed by atoms with E-state index in [0.29, 0.717) is 5.92 Å². The van der Waals surface area contributed by atoms with Gasteiger partial charge < -0.3 is 0 Å². The molecule has 9 aromatic carbocycles. The van der Waals surface area contributed by atoms with Crippen molar-refractivity contribution >= 4 is 59.4 Å². The highest BCUT2D eigenvalue weighted by Crippen LogP contribution is 2.63.